The van der Waals surface area contributed by atoms with Crippen LogP contribution in [0.1, 0.15) is 10.5 Å². The number of carbonyl (C=O) groups is 1. The van der Waals surface area contributed by atoms with Crippen molar-refractivity contribution in [1.29, 1.82) is 0 Å². The molecule has 0 radical (unpaired) electrons. The molecular formula is C9H13N3O3. The molecule has 0 saturated carbocycles. The van der Waals surface area contributed by atoms with Crippen molar-refractivity contribution in [3.63, 3.8) is 0 Å². The molecule has 0 aliphatic carbocycles. The van der Waals surface area contributed by atoms with Gasteiger partial charge in [0.2, 0.25) is 0 Å². The highest BCUT2D eigenvalue weighted by molar-refractivity contribution is 5.92. The fourth-order valence-electron chi connectivity index (χ4n) is 1.62. The smallest absolute Gasteiger partial charge is 0.273 e. The van der Waals surface area contributed by atoms with Crippen LogP contribution < -0.4 is 10.6 Å². The van der Waals surface area contributed by atoms with Crippen LogP contribution in [0.5, 0.6) is 0 Å². The van der Waals surface area contributed by atoms with E-state index in [4.69, 9.17) is 4.74 Å². The van der Waals surface area contributed by atoms with Crippen LogP contribution in [0, 0.1) is 0 Å². The van der Waals surface area contributed by atoms with E-state index in [0.29, 0.717) is 6.54 Å². The first-order valence-corrected chi connectivity index (χ1v) is 4.76. The van der Waals surface area contributed by atoms with Gasteiger partial charge in [-0.3, -0.25) is 4.79 Å². The zero-order valence-electron chi connectivity index (χ0n) is 8.40. The molecule has 1 aromatic rings. The SMILES string of the molecule is COC1CNCC1NC(=O)c1ccon1. The van der Waals surface area contributed by atoms with E-state index < -0.39 is 0 Å². The first kappa shape index (κ1) is 10.1. The Hall–Kier alpha value is -1.40. The number of methoxy groups -OCH3 is 1. The van der Waals surface area contributed by atoms with Crippen LogP contribution >= 0.6 is 0 Å². The van der Waals surface area contributed by atoms with Gasteiger partial charge in [-0.25, -0.2) is 0 Å². The summed E-state index contributed by atoms with van der Waals surface area (Å²) < 4.78 is 9.82. The molecule has 2 heterocycles. The molecule has 0 spiro atoms. The normalized spacial score (nSPS) is 25.4. The van der Waals surface area contributed by atoms with Gasteiger partial charge in [0.1, 0.15) is 6.26 Å². The van der Waals surface area contributed by atoms with Gasteiger partial charge in [-0.2, -0.15) is 0 Å². The van der Waals surface area contributed by atoms with Gasteiger partial charge < -0.3 is 19.9 Å². The average molecular weight is 211 g/mol. The molecule has 2 rings (SSSR count). The van der Waals surface area contributed by atoms with Gasteiger partial charge in [0.25, 0.3) is 5.91 Å². The molecule has 1 amide bonds. The van der Waals surface area contributed by atoms with E-state index in [-0.39, 0.29) is 23.7 Å². The van der Waals surface area contributed by atoms with E-state index >= 15 is 0 Å². The first-order chi connectivity index (χ1) is 7.31. The van der Waals surface area contributed by atoms with E-state index in [1.54, 1.807) is 7.11 Å². The van der Waals surface area contributed by atoms with E-state index in [0.717, 1.165) is 6.54 Å². The lowest BCUT2D eigenvalue weighted by Gasteiger charge is -2.17. The van der Waals surface area contributed by atoms with Crippen LogP contribution in [0.3, 0.4) is 0 Å². The minimum absolute atomic E-state index is 0.0146. The fourth-order valence-corrected chi connectivity index (χ4v) is 1.62. The summed E-state index contributed by atoms with van der Waals surface area (Å²) in [5, 5.41) is 9.53. The minimum atomic E-state index is -0.237. The number of ether oxygens (including phenoxy) is 1. The highest BCUT2D eigenvalue weighted by atomic mass is 16.5. The average Bonchev–Trinajstić information content (AvgIpc) is 2.87. The molecule has 6 heteroatoms. The zero-order chi connectivity index (χ0) is 10.7. The van der Waals surface area contributed by atoms with Crippen molar-refractivity contribution in [2.24, 2.45) is 0 Å². The minimum Gasteiger partial charge on any atom is -0.378 e. The van der Waals surface area contributed by atoms with E-state index in [2.05, 4.69) is 20.3 Å². The van der Waals surface area contributed by atoms with E-state index in [9.17, 15) is 4.79 Å². The summed E-state index contributed by atoms with van der Waals surface area (Å²) >= 11 is 0. The summed E-state index contributed by atoms with van der Waals surface area (Å²) in [6, 6.07) is 1.51. The summed E-state index contributed by atoms with van der Waals surface area (Å²) in [7, 11) is 1.63. The molecule has 1 fully saturated rings. The number of carbonyl (C=O) groups excluding carboxylic acids is 1. The van der Waals surface area contributed by atoms with Gasteiger partial charge >= 0.3 is 0 Å². The molecule has 2 unspecified atom stereocenters. The van der Waals surface area contributed by atoms with E-state index in [1.807, 2.05) is 0 Å². The highest BCUT2D eigenvalue weighted by Crippen LogP contribution is 2.05. The largest absolute Gasteiger partial charge is 0.378 e. The molecule has 1 aliphatic rings. The quantitative estimate of drug-likeness (QED) is 0.697. The third kappa shape index (κ3) is 2.16. The molecule has 2 N–H and O–H groups in total. The molecule has 1 saturated heterocycles. The molecule has 2 atom stereocenters. The second-order valence-electron chi connectivity index (χ2n) is 3.40. The van der Waals surface area contributed by atoms with Crippen molar-refractivity contribution in [2.45, 2.75) is 12.1 Å². The van der Waals surface area contributed by atoms with Gasteiger partial charge in [0.05, 0.1) is 12.1 Å². The molecule has 1 aliphatic heterocycles. The lowest BCUT2D eigenvalue weighted by atomic mass is 10.2. The maximum absolute atomic E-state index is 11.6. The summed E-state index contributed by atoms with van der Waals surface area (Å²) in [6.07, 6.45) is 1.39. The maximum Gasteiger partial charge on any atom is 0.273 e. The standard InChI is InChI=1S/C9H13N3O3/c1-14-8-5-10-4-7(8)11-9(13)6-2-3-15-12-6/h2-3,7-8,10H,4-5H2,1H3,(H,11,13). The van der Waals surface area contributed by atoms with Gasteiger partial charge in [0.15, 0.2) is 5.69 Å². The van der Waals surface area contributed by atoms with E-state index in [1.165, 1.54) is 12.3 Å². The predicted molar refractivity (Wildman–Crippen MR) is 51.4 cm³/mol. The Bertz CT molecular complexity index is 325. The Morgan fingerprint density at radius 1 is 1.73 bits per heavy atom. The molecule has 6 nitrogen and oxygen atoms in total. The Morgan fingerprint density at radius 2 is 2.60 bits per heavy atom. The fraction of sp³-hybridized carbons (Fsp3) is 0.556. The van der Waals surface area contributed by atoms with Crippen LogP contribution in [0.25, 0.3) is 0 Å². The lowest BCUT2D eigenvalue weighted by Crippen LogP contribution is -2.43. The van der Waals surface area contributed by atoms with Crippen LogP contribution in [-0.2, 0) is 4.74 Å². The lowest BCUT2D eigenvalue weighted by molar-refractivity contribution is 0.0773. The van der Waals surface area contributed by atoms with Crippen molar-refractivity contribution in [3.05, 3.63) is 18.0 Å². The van der Waals surface area contributed by atoms with Gasteiger partial charge in [-0.15, -0.1) is 0 Å². The van der Waals surface area contributed by atoms with Crippen molar-refractivity contribution >= 4 is 5.91 Å². The monoisotopic (exact) mass is 211 g/mol. The summed E-state index contributed by atoms with van der Waals surface area (Å²) in [5.74, 6) is -0.237. The second-order valence-corrected chi connectivity index (χ2v) is 3.40. The highest BCUT2D eigenvalue weighted by Gasteiger charge is 2.28. The molecule has 15 heavy (non-hydrogen) atoms. The van der Waals surface area contributed by atoms with Crippen LogP contribution in [0.15, 0.2) is 16.9 Å². The Morgan fingerprint density at radius 3 is 3.27 bits per heavy atom. The van der Waals surface area contributed by atoms with Crippen LogP contribution in [0.4, 0.5) is 0 Å². The van der Waals surface area contributed by atoms with Crippen molar-refractivity contribution in [1.82, 2.24) is 15.8 Å². The summed E-state index contributed by atoms with van der Waals surface area (Å²) in [4.78, 5) is 11.6. The Balaban J connectivity index is 1.94. The maximum atomic E-state index is 11.6. The molecule has 1 aromatic heterocycles. The number of amides is 1. The van der Waals surface area contributed by atoms with Gasteiger partial charge in [-0.1, -0.05) is 5.16 Å². The Labute approximate surface area is 87.0 Å². The Kier molecular flexibility index (Phi) is 2.98. The van der Waals surface area contributed by atoms with Gasteiger partial charge in [0, 0.05) is 26.3 Å². The number of hydrogen-bond acceptors (Lipinski definition) is 5. The van der Waals surface area contributed by atoms with Crippen molar-refractivity contribution < 1.29 is 14.1 Å². The zero-order valence-corrected chi connectivity index (χ0v) is 8.40. The number of aromatic nitrogens is 1. The third-order valence-electron chi connectivity index (χ3n) is 2.45. The number of hydrogen-bond donors (Lipinski definition) is 2. The van der Waals surface area contributed by atoms with Crippen molar-refractivity contribution in [3.8, 4) is 0 Å². The van der Waals surface area contributed by atoms with Crippen LogP contribution in [0.2, 0.25) is 0 Å². The molecule has 0 bridgehead atoms. The third-order valence-corrected chi connectivity index (χ3v) is 2.45. The number of rotatable bonds is 3. The molecule has 0 aromatic carbocycles. The number of nitrogens with zero attached hydrogens (tertiary/aromatic N) is 1. The van der Waals surface area contributed by atoms with Crippen molar-refractivity contribution in [2.75, 3.05) is 20.2 Å². The number of nitrogens with one attached hydrogen (secondary N) is 2. The molecule has 82 valence electrons. The second kappa shape index (κ2) is 4.41. The van der Waals surface area contributed by atoms with Crippen LogP contribution in [-0.4, -0.2) is 43.4 Å². The molecular weight excluding hydrogens is 198 g/mol. The predicted octanol–water partition coefficient (Wildman–Crippen LogP) is -0.609. The van der Waals surface area contributed by atoms with Gasteiger partial charge in [-0.05, 0) is 0 Å². The first-order valence-electron chi connectivity index (χ1n) is 4.76. The topological polar surface area (TPSA) is 76.4 Å². The summed E-state index contributed by atoms with van der Waals surface area (Å²) in [6.45, 7) is 1.46. The summed E-state index contributed by atoms with van der Waals surface area (Å²) in [5.41, 5.74) is 0.289.